The third-order valence-electron chi connectivity index (χ3n) is 9.18. The number of rotatable bonds is 2. The molecular weight excluding hydrogens is 510 g/mol. The van der Waals surface area contributed by atoms with Crippen molar-refractivity contribution >= 4 is 11.8 Å². The average molecular weight is 538 g/mol. The van der Waals surface area contributed by atoms with E-state index in [9.17, 15) is 0 Å². The molecule has 1 aliphatic carbocycles. The highest BCUT2D eigenvalue weighted by molar-refractivity contribution is 5.91. The van der Waals surface area contributed by atoms with Gasteiger partial charge in [-0.05, 0) is 57.1 Å². The summed E-state index contributed by atoms with van der Waals surface area (Å²) in [5.74, 6) is 1.82. The van der Waals surface area contributed by atoms with E-state index in [2.05, 4.69) is 157 Å². The number of hydrogen-bond acceptors (Lipinski definition) is 2. The van der Waals surface area contributed by atoms with Crippen LogP contribution in [0.2, 0.25) is 0 Å². The van der Waals surface area contributed by atoms with Crippen LogP contribution in [0.5, 0.6) is 11.5 Å². The molecule has 1 N–H and O–H groups in total. The van der Waals surface area contributed by atoms with Gasteiger partial charge in [-0.2, -0.15) is 0 Å². The van der Waals surface area contributed by atoms with Crippen molar-refractivity contribution < 1.29 is 4.74 Å². The zero-order valence-corrected chi connectivity index (χ0v) is 22.9. The number of nitrogens with one attached hydrogen (secondary N) is 1. The van der Waals surface area contributed by atoms with Crippen LogP contribution in [0.15, 0.2) is 146 Å². The molecule has 3 aliphatic rings. The van der Waals surface area contributed by atoms with Gasteiger partial charge in [0.15, 0.2) is 0 Å². The van der Waals surface area contributed by atoms with Crippen LogP contribution in [0.4, 0.5) is 5.69 Å². The number of hydrogen-bond donors (Lipinski definition) is 1. The second-order valence-corrected chi connectivity index (χ2v) is 11.3. The van der Waals surface area contributed by atoms with Crippen LogP contribution in [0.25, 0.3) is 28.3 Å². The molecule has 9 rings (SSSR count). The minimum atomic E-state index is -0.470. The van der Waals surface area contributed by atoms with Gasteiger partial charge in [-0.3, -0.25) is 0 Å². The Bertz CT molecular complexity index is 2010. The average Bonchev–Trinajstić information content (AvgIpc) is 3.36. The third-order valence-corrected chi connectivity index (χ3v) is 9.18. The Balaban J connectivity index is 1.28. The molecule has 0 aromatic heterocycles. The van der Waals surface area contributed by atoms with Crippen LogP contribution in [-0.4, -0.2) is 0 Å². The highest BCUT2D eigenvalue weighted by atomic mass is 16.5. The summed E-state index contributed by atoms with van der Waals surface area (Å²) in [6.07, 6.45) is 4.50. The number of anilines is 1. The summed E-state index contributed by atoms with van der Waals surface area (Å²) in [6.45, 7) is 0. The van der Waals surface area contributed by atoms with Gasteiger partial charge in [-0.15, -0.1) is 0 Å². The Morgan fingerprint density at radius 2 is 1.17 bits per heavy atom. The summed E-state index contributed by atoms with van der Waals surface area (Å²) in [4.78, 5) is 0. The van der Waals surface area contributed by atoms with Gasteiger partial charge in [-0.1, -0.05) is 133 Å². The third kappa shape index (κ3) is 3.15. The van der Waals surface area contributed by atoms with Gasteiger partial charge in [0.2, 0.25) is 0 Å². The molecule has 6 aromatic carbocycles. The van der Waals surface area contributed by atoms with Gasteiger partial charge in [-0.25, -0.2) is 0 Å². The molecule has 0 fully saturated rings. The van der Waals surface area contributed by atoms with Crippen LogP contribution >= 0.6 is 0 Å². The molecule has 198 valence electrons. The molecule has 6 aromatic rings. The molecule has 2 heterocycles. The van der Waals surface area contributed by atoms with Crippen molar-refractivity contribution in [2.24, 2.45) is 0 Å². The van der Waals surface area contributed by atoms with Crippen molar-refractivity contribution in [2.45, 2.75) is 11.5 Å². The summed E-state index contributed by atoms with van der Waals surface area (Å²) in [5, 5.41) is 3.85. The molecule has 2 heteroatoms. The zero-order valence-electron chi connectivity index (χ0n) is 22.9. The molecule has 2 nitrogen and oxygen atoms in total. The summed E-state index contributed by atoms with van der Waals surface area (Å²) in [7, 11) is 0. The van der Waals surface area contributed by atoms with E-state index in [1.165, 1.54) is 55.6 Å². The second kappa shape index (κ2) is 8.83. The van der Waals surface area contributed by atoms with Gasteiger partial charge in [0.25, 0.3) is 0 Å². The first-order valence-corrected chi connectivity index (χ1v) is 14.6. The Hall–Kier alpha value is -5.34. The first-order valence-electron chi connectivity index (χ1n) is 14.6. The second-order valence-electron chi connectivity index (χ2n) is 11.3. The molecular formula is C40H27NO. The Morgan fingerprint density at radius 3 is 1.95 bits per heavy atom. The van der Waals surface area contributed by atoms with Gasteiger partial charge < -0.3 is 10.1 Å². The molecule has 0 amide bonds. The molecule has 0 radical (unpaired) electrons. The molecule has 42 heavy (non-hydrogen) atoms. The predicted molar refractivity (Wildman–Crippen MR) is 171 cm³/mol. The van der Waals surface area contributed by atoms with Crippen LogP contribution in [0.1, 0.15) is 39.4 Å². The van der Waals surface area contributed by atoms with Gasteiger partial charge in [0.1, 0.15) is 11.5 Å². The first-order chi connectivity index (χ1) is 20.8. The maximum atomic E-state index is 6.65. The van der Waals surface area contributed by atoms with Crippen LogP contribution in [0, 0.1) is 0 Å². The summed E-state index contributed by atoms with van der Waals surface area (Å²) < 4.78 is 6.65. The van der Waals surface area contributed by atoms with Crippen LogP contribution in [-0.2, 0) is 5.41 Å². The summed E-state index contributed by atoms with van der Waals surface area (Å²) in [6, 6.07) is 50.4. The monoisotopic (exact) mass is 537 g/mol. The minimum absolute atomic E-state index is 0.118. The molecule has 2 aliphatic heterocycles. The van der Waals surface area contributed by atoms with Gasteiger partial charge in [0, 0.05) is 16.7 Å². The van der Waals surface area contributed by atoms with Crippen molar-refractivity contribution in [3.05, 3.63) is 179 Å². The van der Waals surface area contributed by atoms with E-state index in [1.807, 2.05) is 0 Å². The van der Waals surface area contributed by atoms with E-state index in [0.717, 1.165) is 17.2 Å². The van der Waals surface area contributed by atoms with E-state index < -0.39 is 5.41 Å². The molecule has 1 unspecified atom stereocenters. The fourth-order valence-corrected chi connectivity index (χ4v) is 7.39. The zero-order chi connectivity index (χ0) is 27.7. The molecule has 1 spiro atoms. The van der Waals surface area contributed by atoms with E-state index in [0.29, 0.717) is 0 Å². The van der Waals surface area contributed by atoms with E-state index in [-0.39, 0.29) is 6.04 Å². The number of ether oxygens (including phenoxy) is 1. The topological polar surface area (TPSA) is 21.3 Å². The first kappa shape index (κ1) is 23.4. The fourth-order valence-electron chi connectivity index (χ4n) is 7.39. The lowest BCUT2D eigenvalue weighted by Gasteiger charge is -2.39. The van der Waals surface area contributed by atoms with Crippen molar-refractivity contribution in [3.63, 3.8) is 0 Å². The number of fused-ring (bicyclic) bond motifs is 10. The van der Waals surface area contributed by atoms with Crippen molar-refractivity contribution in [1.82, 2.24) is 0 Å². The lowest BCUT2D eigenvalue weighted by atomic mass is 9.65. The van der Waals surface area contributed by atoms with Crippen molar-refractivity contribution in [2.75, 3.05) is 5.32 Å². The quantitative estimate of drug-likeness (QED) is 0.237. The standard InChI is InChI=1S/C40H27NO/c1-2-11-26(12-3-1)36-23-21-27-13-10-16-29(39(27)41-36)28-22-24-38-35(25-28)40(34-19-8-9-20-37(34)42-38)32-17-6-4-14-30(32)31-15-5-7-18-33(31)40/h1-25,36,41H. The number of benzene rings is 6. The Labute approximate surface area is 245 Å². The molecule has 0 saturated heterocycles. The molecule has 0 bridgehead atoms. The van der Waals surface area contributed by atoms with E-state index >= 15 is 0 Å². The lowest BCUT2D eigenvalue weighted by Crippen LogP contribution is -2.32. The van der Waals surface area contributed by atoms with Gasteiger partial charge >= 0.3 is 0 Å². The molecule has 0 saturated carbocycles. The summed E-state index contributed by atoms with van der Waals surface area (Å²) in [5.41, 5.74) is 13.1. The van der Waals surface area contributed by atoms with Crippen molar-refractivity contribution in [1.29, 1.82) is 0 Å². The van der Waals surface area contributed by atoms with Crippen LogP contribution < -0.4 is 10.1 Å². The summed E-state index contributed by atoms with van der Waals surface area (Å²) >= 11 is 0. The van der Waals surface area contributed by atoms with E-state index in [1.54, 1.807) is 0 Å². The van der Waals surface area contributed by atoms with Gasteiger partial charge in [0.05, 0.1) is 17.1 Å². The normalized spacial score (nSPS) is 16.3. The predicted octanol–water partition coefficient (Wildman–Crippen LogP) is 10.0. The smallest absolute Gasteiger partial charge is 0.132 e. The fraction of sp³-hybridized carbons (Fsp3) is 0.0500. The SMILES string of the molecule is C1=CC(c2ccccc2)Nc2c1cccc2-c1ccc2c(c1)C1(c3ccccc3O2)c2ccccc2-c2ccccc21. The van der Waals surface area contributed by atoms with Crippen molar-refractivity contribution in [3.8, 4) is 33.8 Å². The van der Waals surface area contributed by atoms with Crippen LogP contribution in [0.3, 0.4) is 0 Å². The number of para-hydroxylation sites is 2. The maximum absolute atomic E-state index is 6.65. The highest BCUT2D eigenvalue weighted by Crippen LogP contribution is 2.62. The Kier molecular flexibility index (Phi) is 4.91. The maximum Gasteiger partial charge on any atom is 0.132 e. The highest BCUT2D eigenvalue weighted by Gasteiger charge is 2.51. The Morgan fingerprint density at radius 1 is 0.524 bits per heavy atom. The van der Waals surface area contributed by atoms with E-state index in [4.69, 9.17) is 4.74 Å². The minimum Gasteiger partial charge on any atom is -0.457 e. The lowest BCUT2D eigenvalue weighted by molar-refractivity contribution is 0.436. The largest absolute Gasteiger partial charge is 0.457 e. The molecule has 1 atom stereocenters.